The molecule has 2 aromatic rings. The molecule has 1 N–H and O–H groups in total. The highest BCUT2D eigenvalue weighted by atomic mass is 32.2. The zero-order chi connectivity index (χ0) is 10.5. The SMILES string of the molecule is O=S1(=O)NCc2cc1cc1ccccc21. The van der Waals surface area contributed by atoms with Crippen LogP contribution >= 0.6 is 0 Å². The van der Waals surface area contributed by atoms with Gasteiger partial charge in [-0.25, -0.2) is 13.1 Å². The van der Waals surface area contributed by atoms with Crippen LogP contribution in [0, 0.1) is 0 Å². The Morgan fingerprint density at radius 3 is 2.80 bits per heavy atom. The molecule has 1 heterocycles. The lowest BCUT2D eigenvalue weighted by Gasteiger charge is -2.16. The quantitative estimate of drug-likeness (QED) is 0.732. The summed E-state index contributed by atoms with van der Waals surface area (Å²) in [6.45, 7) is 0.386. The summed E-state index contributed by atoms with van der Waals surface area (Å²) in [5.74, 6) is 0. The third-order valence-corrected chi connectivity index (χ3v) is 4.06. The molecule has 2 bridgehead atoms. The van der Waals surface area contributed by atoms with Crippen molar-refractivity contribution in [2.75, 3.05) is 0 Å². The molecule has 2 aromatic carbocycles. The van der Waals surface area contributed by atoms with Gasteiger partial charge < -0.3 is 0 Å². The maximum atomic E-state index is 11.6. The van der Waals surface area contributed by atoms with Crippen LogP contribution in [0.1, 0.15) is 5.56 Å². The Morgan fingerprint density at radius 1 is 1.13 bits per heavy atom. The summed E-state index contributed by atoms with van der Waals surface area (Å²) in [6, 6.07) is 11.3. The summed E-state index contributed by atoms with van der Waals surface area (Å²) in [4.78, 5) is 0.363. The second kappa shape index (κ2) is 2.81. The van der Waals surface area contributed by atoms with Crippen LogP contribution in [0.2, 0.25) is 0 Å². The third-order valence-electron chi connectivity index (χ3n) is 2.68. The number of hydrogen-bond donors (Lipinski definition) is 1. The molecule has 0 atom stereocenters. The first-order chi connectivity index (χ1) is 7.17. The van der Waals surface area contributed by atoms with Gasteiger partial charge in [0.25, 0.3) is 0 Å². The number of sulfonamides is 1. The van der Waals surface area contributed by atoms with Gasteiger partial charge in [0.1, 0.15) is 0 Å². The Balaban J connectivity index is 2.47. The fourth-order valence-corrected chi connectivity index (χ4v) is 3.01. The average Bonchev–Trinajstić information content (AvgIpc) is 2.24. The highest BCUT2D eigenvalue weighted by Gasteiger charge is 2.21. The molecular weight excluding hydrogens is 210 g/mol. The Hall–Kier alpha value is -1.39. The Bertz CT molecular complexity index is 647. The number of fused-ring (bicyclic) bond motifs is 4. The largest absolute Gasteiger partial charge is 0.240 e. The molecule has 1 aliphatic heterocycles. The Labute approximate surface area is 87.8 Å². The normalized spacial score (nSPS) is 17.9. The molecule has 3 rings (SSSR count). The van der Waals surface area contributed by atoms with E-state index in [1.165, 1.54) is 0 Å². The molecular formula is C11H9NO2S. The van der Waals surface area contributed by atoms with Crippen LogP contribution in [0.4, 0.5) is 0 Å². The van der Waals surface area contributed by atoms with Crippen LogP contribution in [0.25, 0.3) is 10.8 Å². The second-order valence-corrected chi connectivity index (χ2v) is 5.40. The van der Waals surface area contributed by atoms with Crippen LogP contribution in [0.3, 0.4) is 0 Å². The van der Waals surface area contributed by atoms with Gasteiger partial charge in [0, 0.05) is 6.54 Å². The molecule has 0 aromatic heterocycles. The average molecular weight is 219 g/mol. The van der Waals surface area contributed by atoms with Crippen LogP contribution in [-0.4, -0.2) is 8.42 Å². The maximum Gasteiger partial charge on any atom is 0.240 e. The summed E-state index contributed by atoms with van der Waals surface area (Å²) in [7, 11) is -3.26. The molecule has 0 saturated carbocycles. The molecule has 0 unspecified atom stereocenters. The van der Waals surface area contributed by atoms with E-state index in [0.29, 0.717) is 11.4 Å². The standard InChI is InChI=1S/C11H9NO2S/c13-15(14)10-5-8-3-1-2-4-11(8)9(6-10)7-12-15/h1-6,12H,7H2. The highest BCUT2D eigenvalue weighted by Crippen LogP contribution is 2.26. The van der Waals surface area contributed by atoms with Gasteiger partial charge in [0.15, 0.2) is 0 Å². The van der Waals surface area contributed by atoms with Gasteiger partial charge >= 0.3 is 0 Å². The highest BCUT2D eigenvalue weighted by molar-refractivity contribution is 7.89. The lowest BCUT2D eigenvalue weighted by Crippen LogP contribution is -2.27. The predicted octanol–water partition coefficient (Wildman–Crippen LogP) is 1.63. The van der Waals surface area contributed by atoms with E-state index in [0.717, 1.165) is 16.3 Å². The van der Waals surface area contributed by atoms with Crippen LogP contribution < -0.4 is 4.72 Å². The zero-order valence-electron chi connectivity index (χ0n) is 7.90. The number of hydrogen-bond acceptors (Lipinski definition) is 2. The van der Waals surface area contributed by atoms with Crippen LogP contribution in [-0.2, 0) is 16.6 Å². The zero-order valence-corrected chi connectivity index (χ0v) is 8.71. The van der Waals surface area contributed by atoms with E-state index in [2.05, 4.69) is 4.72 Å². The minimum absolute atomic E-state index is 0.363. The smallest absolute Gasteiger partial charge is 0.207 e. The Morgan fingerprint density at radius 2 is 1.93 bits per heavy atom. The van der Waals surface area contributed by atoms with Crippen molar-refractivity contribution in [3.05, 3.63) is 42.0 Å². The number of rotatable bonds is 0. The van der Waals surface area contributed by atoms with E-state index in [1.807, 2.05) is 24.3 Å². The van der Waals surface area contributed by atoms with Crippen molar-refractivity contribution < 1.29 is 8.42 Å². The van der Waals surface area contributed by atoms with Gasteiger partial charge in [-0.05, 0) is 28.5 Å². The second-order valence-electron chi connectivity index (χ2n) is 3.63. The van der Waals surface area contributed by atoms with Crippen LogP contribution in [0.15, 0.2) is 41.3 Å². The molecule has 0 amide bonds. The van der Waals surface area contributed by atoms with Gasteiger partial charge in [-0.2, -0.15) is 0 Å². The molecule has 4 heteroatoms. The third kappa shape index (κ3) is 1.26. The first-order valence-electron chi connectivity index (χ1n) is 4.68. The van der Waals surface area contributed by atoms with E-state index >= 15 is 0 Å². The van der Waals surface area contributed by atoms with Gasteiger partial charge in [0.2, 0.25) is 10.0 Å². The van der Waals surface area contributed by atoms with Crippen LogP contribution in [0.5, 0.6) is 0 Å². The van der Waals surface area contributed by atoms with Gasteiger partial charge in [-0.3, -0.25) is 0 Å². The molecule has 15 heavy (non-hydrogen) atoms. The van der Waals surface area contributed by atoms with E-state index in [1.54, 1.807) is 12.1 Å². The summed E-state index contributed by atoms with van der Waals surface area (Å²) in [6.07, 6.45) is 0. The molecule has 0 saturated heterocycles. The molecule has 0 spiro atoms. The van der Waals surface area contributed by atoms with Gasteiger partial charge in [-0.15, -0.1) is 0 Å². The topological polar surface area (TPSA) is 46.2 Å². The van der Waals surface area contributed by atoms with Crippen molar-refractivity contribution in [2.45, 2.75) is 11.4 Å². The first kappa shape index (κ1) is 8.88. The van der Waals surface area contributed by atoms with Gasteiger partial charge in [0.05, 0.1) is 4.90 Å². The van der Waals surface area contributed by atoms with Crippen molar-refractivity contribution in [2.24, 2.45) is 0 Å². The lowest BCUT2D eigenvalue weighted by atomic mass is 10.0. The summed E-state index contributed by atoms with van der Waals surface area (Å²) >= 11 is 0. The number of benzene rings is 2. The molecule has 3 nitrogen and oxygen atoms in total. The molecule has 76 valence electrons. The van der Waals surface area contributed by atoms with Gasteiger partial charge in [-0.1, -0.05) is 24.3 Å². The summed E-state index contributed by atoms with van der Waals surface area (Å²) in [5, 5.41) is 2.10. The number of nitrogens with one attached hydrogen (secondary N) is 1. The minimum Gasteiger partial charge on any atom is -0.207 e. The molecule has 0 fully saturated rings. The fraction of sp³-hybridized carbons (Fsp3) is 0.0909. The first-order valence-corrected chi connectivity index (χ1v) is 6.16. The molecule has 0 aliphatic carbocycles. The van der Waals surface area contributed by atoms with Crippen molar-refractivity contribution in [3.8, 4) is 0 Å². The Kier molecular flexibility index (Phi) is 1.66. The van der Waals surface area contributed by atoms with Crippen molar-refractivity contribution in [3.63, 3.8) is 0 Å². The summed E-state index contributed by atoms with van der Waals surface area (Å²) in [5.41, 5.74) is 1.04. The molecule has 1 aliphatic rings. The van der Waals surface area contributed by atoms with E-state index in [9.17, 15) is 8.42 Å². The fourth-order valence-electron chi connectivity index (χ4n) is 1.92. The van der Waals surface area contributed by atoms with Crippen molar-refractivity contribution in [1.29, 1.82) is 0 Å². The maximum absolute atomic E-state index is 11.6. The monoisotopic (exact) mass is 219 g/mol. The van der Waals surface area contributed by atoms with E-state index < -0.39 is 10.0 Å². The van der Waals surface area contributed by atoms with E-state index in [-0.39, 0.29) is 0 Å². The minimum atomic E-state index is -3.26. The van der Waals surface area contributed by atoms with Crippen molar-refractivity contribution in [1.82, 2.24) is 4.72 Å². The molecule has 0 radical (unpaired) electrons. The van der Waals surface area contributed by atoms with Crippen molar-refractivity contribution >= 4 is 20.8 Å². The predicted molar refractivity (Wildman–Crippen MR) is 58.0 cm³/mol. The summed E-state index contributed by atoms with van der Waals surface area (Å²) < 4.78 is 25.7. The lowest BCUT2D eigenvalue weighted by molar-refractivity contribution is 0.578. The van der Waals surface area contributed by atoms with E-state index in [4.69, 9.17) is 0 Å².